The van der Waals surface area contributed by atoms with Gasteiger partial charge < -0.3 is 9.84 Å². The third-order valence-corrected chi connectivity index (χ3v) is 1.34. The molecule has 3 heteroatoms. The Labute approximate surface area is 52.9 Å². The molecule has 1 aliphatic rings. The zero-order chi connectivity index (χ0) is 6.85. The molecule has 0 fully saturated rings. The van der Waals surface area contributed by atoms with Crippen molar-refractivity contribution in [3.8, 4) is 0 Å². The van der Waals surface area contributed by atoms with Gasteiger partial charge in [-0.05, 0) is 12.5 Å². The van der Waals surface area contributed by atoms with Crippen molar-refractivity contribution in [3.05, 3.63) is 11.1 Å². The largest absolute Gasteiger partial charge is 0.478 e. The van der Waals surface area contributed by atoms with Gasteiger partial charge >= 0.3 is 5.97 Å². The molecule has 1 heterocycles. The van der Waals surface area contributed by atoms with E-state index in [2.05, 4.69) is 0 Å². The summed E-state index contributed by atoms with van der Waals surface area (Å²) in [6.45, 7) is 2.51. The molecular weight excluding hydrogens is 120 g/mol. The molecule has 0 radical (unpaired) electrons. The van der Waals surface area contributed by atoms with Crippen LogP contribution in [-0.2, 0) is 9.53 Å². The van der Waals surface area contributed by atoms with Gasteiger partial charge in [0, 0.05) is 0 Å². The van der Waals surface area contributed by atoms with Crippen molar-refractivity contribution in [2.45, 2.75) is 6.92 Å². The predicted octanol–water partition coefficient (Wildman–Crippen LogP) is 0.418. The number of hydrogen-bond donors (Lipinski definition) is 1. The SMILES string of the molecule is CC1=C(C(=O)O)COC1. The van der Waals surface area contributed by atoms with Gasteiger partial charge in [-0.2, -0.15) is 0 Å². The summed E-state index contributed by atoms with van der Waals surface area (Å²) < 4.78 is 4.88. The van der Waals surface area contributed by atoms with E-state index < -0.39 is 5.97 Å². The first-order chi connectivity index (χ1) is 4.22. The molecule has 0 aromatic heterocycles. The van der Waals surface area contributed by atoms with Crippen molar-refractivity contribution in [2.24, 2.45) is 0 Å². The second kappa shape index (κ2) is 2.19. The molecule has 0 aromatic carbocycles. The highest BCUT2D eigenvalue weighted by Crippen LogP contribution is 2.12. The summed E-state index contributed by atoms with van der Waals surface area (Å²) in [5.41, 5.74) is 1.25. The number of carbonyl (C=O) groups is 1. The van der Waals surface area contributed by atoms with Crippen LogP contribution in [0, 0.1) is 0 Å². The first-order valence-electron chi connectivity index (χ1n) is 2.71. The van der Waals surface area contributed by atoms with Crippen molar-refractivity contribution < 1.29 is 14.6 Å². The average Bonchev–Trinajstić information content (AvgIpc) is 2.13. The third kappa shape index (κ3) is 1.10. The molecule has 1 rings (SSSR count). The fraction of sp³-hybridized carbons (Fsp3) is 0.500. The van der Waals surface area contributed by atoms with E-state index in [1.165, 1.54) is 0 Å². The molecular formula is C6H8O3. The molecule has 0 unspecified atom stereocenters. The van der Waals surface area contributed by atoms with Gasteiger partial charge in [0.15, 0.2) is 0 Å². The van der Waals surface area contributed by atoms with Crippen LogP contribution in [0.4, 0.5) is 0 Å². The minimum absolute atomic E-state index is 0.265. The Morgan fingerprint density at radius 2 is 2.33 bits per heavy atom. The highest BCUT2D eigenvalue weighted by molar-refractivity contribution is 5.88. The molecule has 0 saturated carbocycles. The first-order valence-corrected chi connectivity index (χ1v) is 2.71. The van der Waals surface area contributed by atoms with Crippen LogP contribution in [0.5, 0.6) is 0 Å². The van der Waals surface area contributed by atoms with E-state index >= 15 is 0 Å². The number of hydrogen-bond acceptors (Lipinski definition) is 2. The second-order valence-electron chi connectivity index (χ2n) is 2.06. The van der Waals surface area contributed by atoms with Crippen LogP contribution in [-0.4, -0.2) is 24.3 Å². The Kier molecular flexibility index (Phi) is 1.53. The minimum atomic E-state index is -0.856. The van der Waals surface area contributed by atoms with Crippen LogP contribution >= 0.6 is 0 Å². The Morgan fingerprint density at radius 3 is 2.56 bits per heavy atom. The molecule has 0 amide bonds. The summed E-state index contributed by atoms with van der Waals surface area (Å²) in [5.74, 6) is -0.856. The monoisotopic (exact) mass is 128 g/mol. The van der Waals surface area contributed by atoms with E-state index in [9.17, 15) is 4.79 Å². The standard InChI is InChI=1S/C6H8O3/c1-4-2-9-3-5(4)6(7)8/h2-3H2,1H3,(H,7,8). The lowest BCUT2D eigenvalue weighted by atomic mass is 10.2. The molecule has 9 heavy (non-hydrogen) atoms. The van der Waals surface area contributed by atoms with Crippen LogP contribution < -0.4 is 0 Å². The van der Waals surface area contributed by atoms with Gasteiger partial charge in [-0.1, -0.05) is 0 Å². The number of ether oxygens (including phenoxy) is 1. The van der Waals surface area contributed by atoms with Crippen molar-refractivity contribution >= 4 is 5.97 Å². The number of carboxylic acid groups (broad SMARTS) is 1. The minimum Gasteiger partial charge on any atom is -0.478 e. The van der Waals surface area contributed by atoms with E-state index in [-0.39, 0.29) is 6.61 Å². The Morgan fingerprint density at radius 1 is 1.67 bits per heavy atom. The summed E-state index contributed by atoms with van der Waals surface area (Å²) in [5, 5.41) is 8.45. The summed E-state index contributed by atoms with van der Waals surface area (Å²) in [6, 6.07) is 0. The number of carboxylic acids is 1. The average molecular weight is 128 g/mol. The van der Waals surface area contributed by atoms with Crippen LogP contribution in [0.15, 0.2) is 11.1 Å². The highest BCUT2D eigenvalue weighted by atomic mass is 16.5. The van der Waals surface area contributed by atoms with Crippen LogP contribution in [0.1, 0.15) is 6.92 Å². The molecule has 50 valence electrons. The topological polar surface area (TPSA) is 46.5 Å². The van der Waals surface area contributed by atoms with Gasteiger partial charge in [-0.15, -0.1) is 0 Å². The normalized spacial score (nSPS) is 18.8. The molecule has 0 saturated heterocycles. The summed E-state index contributed by atoms with van der Waals surface area (Å²) in [6.07, 6.45) is 0. The third-order valence-electron chi connectivity index (χ3n) is 1.34. The second-order valence-corrected chi connectivity index (χ2v) is 2.06. The zero-order valence-corrected chi connectivity index (χ0v) is 5.18. The lowest BCUT2D eigenvalue weighted by molar-refractivity contribution is -0.133. The van der Waals surface area contributed by atoms with E-state index in [0.29, 0.717) is 12.2 Å². The number of rotatable bonds is 1. The smallest absolute Gasteiger partial charge is 0.333 e. The summed E-state index contributed by atoms with van der Waals surface area (Å²) >= 11 is 0. The van der Waals surface area contributed by atoms with Crippen LogP contribution in [0.25, 0.3) is 0 Å². The fourth-order valence-corrected chi connectivity index (χ4v) is 0.761. The first kappa shape index (κ1) is 6.29. The van der Waals surface area contributed by atoms with Crippen molar-refractivity contribution in [2.75, 3.05) is 13.2 Å². The lowest BCUT2D eigenvalue weighted by Crippen LogP contribution is -2.02. The summed E-state index contributed by atoms with van der Waals surface area (Å²) in [4.78, 5) is 10.3. The quantitative estimate of drug-likeness (QED) is 0.556. The van der Waals surface area contributed by atoms with E-state index in [4.69, 9.17) is 9.84 Å². The summed E-state index contributed by atoms with van der Waals surface area (Å²) in [7, 11) is 0. The molecule has 1 aliphatic heterocycles. The van der Waals surface area contributed by atoms with Crippen molar-refractivity contribution in [3.63, 3.8) is 0 Å². The van der Waals surface area contributed by atoms with Gasteiger partial charge in [0.2, 0.25) is 0 Å². The van der Waals surface area contributed by atoms with Gasteiger partial charge in [-0.25, -0.2) is 4.79 Å². The lowest BCUT2D eigenvalue weighted by Gasteiger charge is -1.90. The molecule has 0 aromatic rings. The van der Waals surface area contributed by atoms with Gasteiger partial charge in [0.1, 0.15) is 0 Å². The van der Waals surface area contributed by atoms with Crippen LogP contribution in [0.3, 0.4) is 0 Å². The maximum atomic E-state index is 10.3. The van der Waals surface area contributed by atoms with Crippen LogP contribution in [0.2, 0.25) is 0 Å². The maximum Gasteiger partial charge on any atom is 0.333 e. The molecule has 1 N–H and O–H groups in total. The molecule has 0 bridgehead atoms. The molecule has 0 spiro atoms. The van der Waals surface area contributed by atoms with Gasteiger partial charge in [0.25, 0.3) is 0 Å². The Hall–Kier alpha value is -0.830. The highest BCUT2D eigenvalue weighted by Gasteiger charge is 2.16. The van der Waals surface area contributed by atoms with E-state index in [0.717, 1.165) is 5.57 Å². The predicted molar refractivity (Wildman–Crippen MR) is 31.2 cm³/mol. The zero-order valence-electron chi connectivity index (χ0n) is 5.18. The molecule has 3 nitrogen and oxygen atoms in total. The maximum absolute atomic E-state index is 10.3. The number of aliphatic carboxylic acids is 1. The van der Waals surface area contributed by atoms with Gasteiger partial charge in [-0.3, -0.25) is 0 Å². The van der Waals surface area contributed by atoms with Gasteiger partial charge in [0.05, 0.1) is 18.8 Å². The molecule has 0 aliphatic carbocycles. The van der Waals surface area contributed by atoms with E-state index in [1.807, 2.05) is 0 Å². The van der Waals surface area contributed by atoms with Crippen molar-refractivity contribution in [1.29, 1.82) is 0 Å². The Bertz CT molecular complexity index is 169. The Balaban J connectivity index is 2.78. The van der Waals surface area contributed by atoms with E-state index in [1.54, 1.807) is 6.92 Å². The molecule has 0 atom stereocenters. The fourth-order valence-electron chi connectivity index (χ4n) is 0.761. The van der Waals surface area contributed by atoms with Crippen molar-refractivity contribution in [1.82, 2.24) is 0 Å².